The van der Waals surface area contributed by atoms with Crippen molar-refractivity contribution in [3.63, 3.8) is 0 Å². The summed E-state index contributed by atoms with van der Waals surface area (Å²) in [7, 11) is 0. The lowest BCUT2D eigenvalue weighted by Crippen LogP contribution is -2.30. The number of ether oxygens (including phenoxy) is 1. The Morgan fingerprint density at radius 1 is 1.11 bits per heavy atom. The summed E-state index contributed by atoms with van der Waals surface area (Å²) < 4.78 is 6.64. The van der Waals surface area contributed by atoms with Gasteiger partial charge in [-0.2, -0.15) is 0 Å². The predicted octanol–water partition coefficient (Wildman–Crippen LogP) is 3.15. The van der Waals surface area contributed by atoms with Crippen molar-refractivity contribution in [3.05, 3.63) is 64.4 Å². The van der Waals surface area contributed by atoms with Crippen LogP contribution in [0.4, 0.5) is 5.69 Å². The van der Waals surface area contributed by atoms with Gasteiger partial charge in [0.1, 0.15) is 6.33 Å². The topological polar surface area (TPSA) is 99.0 Å². The highest BCUT2D eigenvalue weighted by molar-refractivity contribution is 6.35. The van der Waals surface area contributed by atoms with Crippen LogP contribution in [0.15, 0.2) is 48.8 Å². The molecule has 0 aliphatic rings. The zero-order chi connectivity index (χ0) is 19.4. The molecule has 2 aromatic carbocycles. The summed E-state index contributed by atoms with van der Waals surface area (Å²) in [6, 6.07) is 11.1. The summed E-state index contributed by atoms with van der Waals surface area (Å²) in [6.07, 6.45) is 0.413. The highest BCUT2D eigenvalue weighted by atomic mass is 35.5. The average Bonchev–Trinajstić information content (AvgIpc) is 3.15. The van der Waals surface area contributed by atoms with E-state index < -0.39 is 18.0 Å². The Labute approximate surface area is 164 Å². The van der Waals surface area contributed by atoms with Crippen LogP contribution < -0.4 is 5.32 Å². The van der Waals surface area contributed by atoms with Gasteiger partial charge in [0.05, 0.1) is 11.3 Å². The van der Waals surface area contributed by atoms with Crippen LogP contribution in [-0.2, 0) is 9.53 Å². The van der Waals surface area contributed by atoms with E-state index in [1.807, 2.05) is 0 Å². The fourth-order valence-corrected chi connectivity index (χ4v) is 2.71. The van der Waals surface area contributed by atoms with E-state index in [1.165, 1.54) is 30.1 Å². The Balaban J connectivity index is 1.61. The molecule has 3 rings (SSSR count). The molecule has 1 heterocycles. The zero-order valence-corrected chi connectivity index (χ0v) is 15.5. The van der Waals surface area contributed by atoms with Gasteiger partial charge in [0.2, 0.25) is 0 Å². The maximum atomic E-state index is 12.2. The van der Waals surface area contributed by atoms with Gasteiger partial charge in [-0.1, -0.05) is 23.2 Å². The van der Waals surface area contributed by atoms with Gasteiger partial charge in [-0.25, -0.2) is 9.48 Å². The van der Waals surface area contributed by atoms with Crippen LogP contribution in [-0.4, -0.2) is 38.2 Å². The summed E-state index contributed by atoms with van der Waals surface area (Å²) in [5.74, 6) is -1.14. The Bertz CT molecular complexity index is 941. The lowest BCUT2D eigenvalue weighted by molar-refractivity contribution is -0.123. The molecular weight excluding hydrogens is 393 g/mol. The van der Waals surface area contributed by atoms with Gasteiger partial charge in [0.25, 0.3) is 5.91 Å². The number of aromatic nitrogens is 4. The van der Waals surface area contributed by atoms with Crippen LogP contribution in [0, 0.1) is 0 Å². The smallest absolute Gasteiger partial charge is 0.338 e. The molecular formula is C17H13Cl2N5O3. The minimum Gasteiger partial charge on any atom is -0.449 e. The largest absolute Gasteiger partial charge is 0.449 e. The summed E-state index contributed by atoms with van der Waals surface area (Å²) in [6.45, 7) is 1.47. The van der Waals surface area contributed by atoms with Crippen LogP contribution in [0.3, 0.4) is 0 Å². The molecule has 138 valence electrons. The number of carbonyl (C=O) groups is 2. The van der Waals surface area contributed by atoms with Crippen LogP contribution in [0.25, 0.3) is 5.69 Å². The second kappa shape index (κ2) is 8.15. The molecule has 3 aromatic rings. The highest BCUT2D eigenvalue weighted by Gasteiger charge is 2.19. The lowest BCUT2D eigenvalue weighted by Gasteiger charge is -2.14. The van der Waals surface area contributed by atoms with Crippen LogP contribution in [0.5, 0.6) is 0 Å². The second-order valence-electron chi connectivity index (χ2n) is 5.50. The van der Waals surface area contributed by atoms with Crippen LogP contribution in [0.1, 0.15) is 17.3 Å². The van der Waals surface area contributed by atoms with E-state index in [1.54, 1.807) is 30.3 Å². The molecule has 0 bridgehead atoms. The number of anilines is 1. The molecule has 1 aromatic heterocycles. The minimum atomic E-state index is -1.02. The molecule has 0 saturated heterocycles. The van der Waals surface area contributed by atoms with E-state index in [9.17, 15) is 9.59 Å². The summed E-state index contributed by atoms with van der Waals surface area (Å²) in [5.41, 5.74) is 1.38. The zero-order valence-electron chi connectivity index (χ0n) is 14.0. The Morgan fingerprint density at radius 2 is 1.78 bits per heavy atom. The summed E-state index contributed by atoms with van der Waals surface area (Å²) in [5, 5.41) is 14.2. The Morgan fingerprint density at radius 3 is 2.37 bits per heavy atom. The molecule has 10 heteroatoms. The van der Waals surface area contributed by atoms with E-state index in [0.29, 0.717) is 21.4 Å². The number of halogens is 2. The van der Waals surface area contributed by atoms with Crippen molar-refractivity contribution in [1.82, 2.24) is 20.2 Å². The van der Waals surface area contributed by atoms with Crippen molar-refractivity contribution in [2.45, 2.75) is 13.0 Å². The fourth-order valence-electron chi connectivity index (χ4n) is 2.18. The lowest BCUT2D eigenvalue weighted by atomic mass is 10.2. The number of benzene rings is 2. The molecule has 0 unspecified atom stereocenters. The normalized spacial score (nSPS) is 11.7. The van der Waals surface area contributed by atoms with E-state index in [4.69, 9.17) is 27.9 Å². The van der Waals surface area contributed by atoms with Crippen molar-refractivity contribution in [2.24, 2.45) is 0 Å². The predicted molar refractivity (Wildman–Crippen MR) is 99.1 cm³/mol. The van der Waals surface area contributed by atoms with E-state index in [2.05, 4.69) is 20.8 Å². The van der Waals surface area contributed by atoms with Crippen LogP contribution >= 0.6 is 23.2 Å². The molecule has 0 fully saturated rings. The monoisotopic (exact) mass is 405 g/mol. The molecule has 0 radical (unpaired) electrons. The molecule has 0 spiro atoms. The fraction of sp³-hybridized carbons (Fsp3) is 0.118. The second-order valence-corrected chi connectivity index (χ2v) is 6.37. The first-order valence-corrected chi connectivity index (χ1v) is 8.49. The standard InChI is InChI=1S/C17H13Cl2N5O3/c1-10(16(25)21-14-7-12(18)6-13(19)8-14)27-17(26)11-2-4-15(5-3-11)24-9-20-22-23-24/h2-10H,1H3,(H,21,25)/t10-/m1/s1. The van der Waals surface area contributed by atoms with Crippen molar-refractivity contribution >= 4 is 40.8 Å². The third-order valence-corrected chi connectivity index (χ3v) is 3.94. The van der Waals surface area contributed by atoms with Crippen molar-refractivity contribution in [1.29, 1.82) is 0 Å². The molecule has 0 aliphatic carbocycles. The molecule has 0 aliphatic heterocycles. The van der Waals surface area contributed by atoms with E-state index >= 15 is 0 Å². The van der Waals surface area contributed by atoms with Crippen LogP contribution in [0.2, 0.25) is 10.0 Å². The minimum absolute atomic E-state index is 0.289. The third-order valence-electron chi connectivity index (χ3n) is 3.50. The third kappa shape index (κ3) is 4.81. The Kier molecular flexibility index (Phi) is 5.68. The molecule has 0 saturated carbocycles. The van der Waals surface area contributed by atoms with Crippen molar-refractivity contribution in [2.75, 3.05) is 5.32 Å². The molecule has 1 amide bonds. The Hall–Kier alpha value is -2.97. The summed E-state index contributed by atoms with van der Waals surface area (Å²) >= 11 is 11.8. The summed E-state index contributed by atoms with van der Waals surface area (Å²) in [4.78, 5) is 24.4. The maximum absolute atomic E-state index is 12.2. The number of amides is 1. The van der Waals surface area contributed by atoms with Gasteiger partial charge in [0, 0.05) is 15.7 Å². The number of hydrogen-bond donors (Lipinski definition) is 1. The van der Waals surface area contributed by atoms with E-state index in [-0.39, 0.29) is 5.56 Å². The van der Waals surface area contributed by atoms with Crippen molar-refractivity contribution in [3.8, 4) is 5.69 Å². The van der Waals surface area contributed by atoms with Crippen molar-refractivity contribution < 1.29 is 14.3 Å². The number of tetrazole rings is 1. The molecule has 1 N–H and O–H groups in total. The van der Waals surface area contributed by atoms with Gasteiger partial charge in [-0.3, -0.25) is 4.79 Å². The van der Waals surface area contributed by atoms with E-state index in [0.717, 1.165) is 0 Å². The number of nitrogens with zero attached hydrogens (tertiary/aromatic N) is 4. The first kappa shape index (κ1) is 18.8. The number of esters is 1. The SMILES string of the molecule is C[C@@H](OC(=O)c1ccc(-n2cnnn2)cc1)C(=O)Nc1cc(Cl)cc(Cl)c1. The number of carbonyl (C=O) groups excluding carboxylic acids is 2. The maximum Gasteiger partial charge on any atom is 0.338 e. The number of nitrogens with one attached hydrogen (secondary N) is 1. The quantitative estimate of drug-likeness (QED) is 0.654. The number of rotatable bonds is 5. The average molecular weight is 406 g/mol. The molecule has 1 atom stereocenters. The number of hydrogen-bond acceptors (Lipinski definition) is 6. The van der Waals surface area contributed by atoms with Gasteiger partial charge < -0.3 is 10.1 Å². The first-order valence-electron chi connectivity index (χ1n) is 7.74. The van der Waals surface area contributed by atoms with Gasteiger partial charge in [-0.05, 0) is 59.8 Å². The van der Waals surface area contributed by atoms with Gasteiger partial charge in [-0.15, -0.1) is 5.10 Å². The first-order chi connectivity index (χ1) is 12.9. The molecule has 8 nitrogen and oxygen atoms in total. The van der Waals surface area contributed by atoms with Gasteiger partial charge in [0.15, 0.2) is 6.10 Å². The highest BCUT2D eigenvalue weighted by Crippen LogP contribution is 2.22. The molecule has 27 heavy (non-hydrogen) atoms. The van der Waals surface area contributed by atoms with Gasteiger partial charge >= 0.3 is 5.97 Å².